The number of halogens is 1. The number of nitro groups is 1. The topological polar surface area (TPSA) is 55.6 Å². The van der Waals surface area contributed by atoms with Gasteiger partial charge in [-0.1, -0.05) is 17.7 Å². The largest absolute Gasteiger partial charge is 0.379 e. The molecule has 1 aromatic rings. The number of benzene rings is 1. The van der Waals surface area contributed by atoms with E-state index in [9.17, 15) is 10.1 Å². The first-order valence-corrected chi connectivity index (χ1v) is 5.78. The van der Waals surface area contributed by atoms with Crippen LogP contribution in [0.2, 0.25) is 5.02 Å². The maximum Gasteiger partial charge on any atom is 0.275 e. The molecule has 0 spiro atoms. The van der Waals surface area contributed by atoms with E-state index in [2.05, 4.69) is 4.90 Å². The van der Waals surface area contributed by atoms with Gasteiger partial charge < -0.3 is 4.74 Å². The maximum absolute atomic E-state index is 10.9. The van der Waals surface area contributed by atoms with Gasteiger partial charge in [0.25, 0.3) is 5.69 Å². The van der Waals surface area contributed by atoms with Crippen molar-refractivity contribution >= 4 is 17.3 Å². The molecule has 0 aliphatic carbocycles. The van der Waals surface area contributed by atoms with Gasteiger partial charge in [0.1, 0.15) is 0 Å². The molecular formula is C11H13ClN2O3. The average Bonchev–Trinajstić information content (AvgIpc) is 2.33. The molecular weight excluding hydrogens is 244 g/mol. The Morgan fingerprint density at radius 1 is 1.41 bits per heavy atom. The van der Waals surface area contributed by atoms with E-state index in [-0.39, 0.29) is 10.6 Å². The van der Waals surface area contributed by atoms with Crippen molar-refractivity contribution in [2.45, 2.75) is 6.54 Å². The number of hydrogen-bond acceptors (Lipinski definition) is 4. The fourth-order valence-corrected chi connectivity index (χ4v) is 2.09. The van der Waals surface area contributed by atoms with Gasteiger partial charge in [0.2, 0.25) is 0 Å². The van der Waals surface area contributed by atoms with Gasteiger partial charge in [-0.3, -0.25) is 15.0 Å². The molecule has 0 aromatic heterocycles. The van der Waals surface area contributed by atoms with Crippen LogP contribution in [0.25, 0.3) is 0 Å². The predicted molar refractivity (Wildman–Crippen MR) is 64.2 cm³/mol. The molecule has 1 fully saturated rings. The highest BCUT2D eigenvalue weighted by molar-refractivity contribution is 6.31. The van der Waals surface area contributed by atoms with Gasteiger partial charge in [-0.05, 0) is 6.07 Å². The van der Waals surface area contributed by atoms with Crippen LogP contribution in [0.1, 0.15) is 5.56 Å². The fourth-order valence-electron chi connectivity index (χ4n) is 1.86. The molecule has 6 heteroatoms. The minimum atomic E-state index is -0.387. The molecule has 2 rings (SSSR count). The second-order valence-corrected chi connectivity index (χ2v) is 4.29. The van der Waals surface area contributed by atoms with E-state index in [1.165, 1.54) is 6.07 Å². The van der Waals surface area contributed by atoms with Gasteiger partial charge in [-0.15, -0.1) is 0 Å². The SMILES string of the molecule is O=[N+]([O-])c1cccc(Cl)c1CN1CCOCC1. The van der Waals surface area contributed by atoms with E-state index in [1.54, 1.807) is 12.1 Å². The van der Waals surface area contributed by atoms with Crippen molar-refractivity contribution in [3.05, 3.63) is 38.9 Å². The molecule has 17 heavy (non-hydrogen) atoms. The van der Waals surface area contributed by atoms with E-state index in [0.717, 1.165) is 13.1 Å². The van der Waals surface area contributed by atoms with Crippen LogP contribution in [0.15, 0.2) is 18.2 Å². The monoisotopic (exact) mass is 256 g/mol. The summed E-state index contributed by atoms with van der Waals surface area (Å²) < 4.78 is 5.24. The zero-order valence-electron chi connectivity index (χ0n) is 9.26. The van der Waals surface area contributed by atoms with Crippen LogP contribution in [-0.4, -0.2) is 36.1 Å². The third-order valence-electron chi connectivity index (χ3n) is 2.78. The van der Waals surface area contributed by atoms with Gasteiger partial charge in [0.05, 0.1) is 28.7 Å². The molecule has 0 unspecified atom stereocenters. The molecule has 0 bridgehead atoms. The molecule has 0 saturated carbocycles. The van der Waals surface area contributed by atoms with Gasteiger partial charge in [-0.2, -0.15) is 0 Å². The van der Waals surface area contributed by atoms with Crippen LogP contribution < -0.4 is 0 Å². The lowest BCUT2D eigenvalue weighted by Crippen LogP contribution is -2.35. The summed E-state index contributed by atoms with van der Waals surface area (Å²) in [5.41, 5.74) is 0.671. The van der Waals surface area contributed by atoms with Crippen molar-refractivity contribution in [2.75, 3.05) is 26.3 Å². The van der Waals surface area contributed by atoms with Crippen LogP contribution >= 0.6 is 11.6 Å². The third-order valence-corrected chi connectivity index (χ3v) is 3.13. The van der Waals surface area contributed by atoms with Crippen molar-refractivity contribution in [1.82, 2.24) is 4.90 Å². The second kappa shape index (κ2) is 5.44. The Labute approximate surface area is 104 Å². The third kappa shape index (κ3) is 2.94. The van der Waals surface area contributed by atoms with E-state index in [1.807, 2.05) is 0 Å². The number of morpholine rings is 1. The Morgan fingerprint density at radius 3 is 2.76 bits per heavy atom. The minimum Gasteiger partial charge on any atom is -0.379 e. The number of hydrogen-bond donors (Lipinski definition) is 0. The van der Waals surface area contributed by atoms with Crippen LogP contribution in [0.5, 0.6) is 0 Å². The van der Waals surface area contributed by atoms with Crippen LogP contribution in [-0.2, 0) is 11.3 Å². The molecule has 5 nitrogen and oxygen atoms in total. The first-order chi connectivity index (χ1) is 8.18. The molecule has 0 radical (unpaired) electrons. The summed E-state index contributed by atoms with van der Waals surface area (Å²) in [6.07, 6.45) is 0. The van der Waals surface area contributed by atoms with Crippen molar-refractivity contribution in [3.63, 3.8) is 0 Å². The van der Waals surface area contributed by atoms with E-state index in [4.69, 9.17) is 16.3 Å². The Balaban J connectivity index is 2.21. The molecule has 1 aliphatic rings. The summed E-state index contributed by atoms with van der Waals surface area (Å²) in [4.78, 5) is 12.6. The van der Waals surface area contributed by atoms with Gasteiger partial charge in [-0.25, -0.2) is 0 Å². The average molecular weight is 257 g/mol. The van der Waals surface area contributed by atoms with Gasteiger partial charge >= 0.3 is 0 Å². The Bertz CT molecular complexity index is 419. The molecule has 92 valence electrons. The Kier molecular flexibility index (Phi) is 3.93. The summed E-state index contributed by atoms with van der Waals surface area (Å²) >= 11 is 6.03. The zero-order chi connectivity index (χ0) is 12.3. The maximum atomic E-state index is 10.9. The predicted octanol–water partition coefficient (Wildman–Crippen LogP) is 2.08. The number of nitro benzene ring substituents is 1. The fraction of sp³-hybridized carbons (Fsp3) is 0.455. The van der Waals surface area contributed by atoms with Crippen molar-refractivity contribution in [3.8, 4) is 0 Å². The van der Waals surface area contributed by atoms with Gasteiger partial charge in [0.15, 0.2) is 0 Å². The Hall–Kier alpha value is -1.17. The Morgan fingerprint density at radius 2 is 2.12 bits per heavy atom. The lowest BCUT2D eigenvalue weighted by molar-refractivity contribution is -0.385. The molecule has 0 amide bonds. The van der Waals surface area contributed by atoms with E-state index >= 15 is 0 Å². The smallest absolute Gasteiger partial charge is 0.275 e. The van der Waals surface area contributed by atoms with Crippen molar-refractivity contribution in [2.24, 2.45) is 0 Å². The summed E-state index contributed by atoms with van der Waals surface area (Å²) in [5.74, 6) is 0. The standard InChI is InChI=1S/C11H13ClN2O3/c12-10-2-1-3-11(14(15)16)9(10)8-13-4-6-17-7-5-13/h1-3H,4-8H2. The summed E-state index contributed by atoms with van der Waals surface area (Å²) in [5, 5.41) is 11.4. The molecule has 1 aromatic carbocycles. The molecule has 0 atom stereocenters. The normalized spacial score (nSPS) is 17.0. The van der Waals surface area contributed by atoms with Crippen LogP contribution in [0, 0.1) is 10.1 Å². The number of nitrogens with zero attached hydrogens (tertiary/aromatic N) is 2. The summed E-state index contributed by atoms with van der Waals surface area (Å²) in [6.45, 7) is 3.39. The highest BCUT2D eigenvalue weighted by atomic mass is 35.5. The quantitative estimate of drug-likeness (QED) is 0.614. The van der Waals surface area contributed by atoms with Crippen molar-refractivity contribution in [1.29, 1.82) is 0 Å². The van der Waals surface area contributed by atoms with Gasteiger partial charge in [0, 0.05) is 25.7 Å². The van der Waals surface area contributed by atoms with E-state index < -0.39 is 0 Å². The van der Waals surface area contributed by atoms with Crippen molar-refractivity contribution < 1.29 is 9.66 Å². The van der Waals surface area contributed by atoms with Crippen LogP contribution in [0.4, 0.5) is 5.69 Å². The zero-order valence-corrected chi connectivity index (χ0v) is 10.0. The summed E-state index contributed by atoms with van der Waals surface area (Å²) in [7, 11) is 0. The molecule has 1 aliphatic heterocycles. The lowest BCUT2D eigenvalue weighted by Gasteiger charge is -2.26. The number of ether oxygens (including phenoxy) is 1. The first kappa shape index (κ1) is 12.3. The molecule has 0 N–H and O–H groups in total. The highest BCUT2D eigenvalue weighted by Gasteiger charge is 2.20. The van der Waals surface area contributed by atoms with E-state index in [0.29, 0.717) is 30.3 Å². The highest BCUT2D eigenvalue weighted by Crippen LogP contribution is 2.27. The first-order valence-electron chi connectivity index (χ1n) is 5.40. The molecule has 1 saturated heterocycles. The molecule has 1 heterocycles. The summed E-state index contributed by atoms with van der Waals surface area (Å²) in [6, 6.07) is 4.77. The lowest BCUT2D eigenvalue weighted by atomic mass is 10.1. The minimum absolute atomic E-state index is 0.0870. The van der Waals surface area contributed by atoms with Crippen LogP contribution in [0.3, 0.4) is 0 Å². The second-order valence-electron chi connectivity index (χ2n) is 3.88. The number of rotatable bonds is 3.